The van der Waals surface area contributed by atoms with E-state index in [-0.39, 0.29) is 39.9 Å². The van der Waals surface area contributed by atoms with Gasteiger partial charge in [-0.15, -0.1) is 5.10 Å². The number of allylic oxidation sites excluding steroid dienone is 1. The topological polar surface area (TPSA) is 117 Å². The highest BCUT2D eigenvalue weighted by atomic mass is 79.9. The Labute approximate surface area is 260 Å². The number of aromatic amines is 1. The van der Waals surface area contributed by atoms with Crippen molar-refractivity contribution >= 4 is 17.6 Å². The molecule has 228 valence electrons. The molecule has 1 aliphatic rings. The SMILES string of the molecule is COC(=O)C1=C(C)N(c2cccc(C(F)(F)F)c2)c2n[nH]c(=O)n2C1c1ccc(C#N)cc1CC[n+]1ccc(OC)cc1.[Br-]. The van der Waals surface area contributed by atoms with Gasteiger partial charge >= 0.3 is 17.8 Å². The lowest BCUT2D eigenvalue weighted by atomic mass is 9.89. The number of esters is 1. The number of benzene rings is 2. The highest BCUT2D eigenvalue weighted by Crippen LogP contribution is 2.43. The molecule has 0 fully saturated rings. The molecular weight excluding hydrogens is 645 g/mol. The van der Waals surface area contributed by atoms with Gasteiger partial charge < -0.3 is 26.5 Å². The van der Waals surface area contributed by atoms with Crippen molar-refractivity contribution in [3.63, 3.8) is 0 Å². The number of H-pyrrole nitrogens is 1. The van der Waals surface area contributed by atoms with Crippen LogP contribution in [-0.4, -0.2) is 35.0 Å². The highest BCUT2D eigenvalue weighted by Gasteiger charge is 2.41. The maximum absolute atomic E-state index is 13.6. The Morgan fingerprint density at radius 1 is 1.14 bits per heavy atom. The number of pyridine rings is 1. The second-order valence-corrected chi connectivity index (χ2v) is 9.73. The van der Waals surface area contributed by atoms with E-state index in [1.165, 1.54) is 28.7 Å². The average molecular weight is 671 g/mol. The molecule has 2 aromatic heterocycles. The number of halogens is 4. The monoisotopic (exact) mass is 670 g/mol. The number of rotatable bonds is 7. The largest absolute Gasteiger partial charge is 1.00 e. The van der Waals surface area contributed by atoms with Crippen molar-refractivity contribution in [1.29, 1.82) is 5.26 Å². The number of hydrogen-bond acceptors (Lipinski definition) is 7. The van der Waals surface area contributed by atoms with Crippen molar-refractivity contribution in [3.8, 4) is 11.8 Å². The predicted molar refractivity (Wildman–Crippen MR) is 147 cm³/mol. The molecule has 1 atom stereocenters. The van der Waals surface area contributed by atoms with Crippen LogP contribution in [0.5, 0.6) is 5.75 Å². The molecule has 1 unspecified atom stereocenters. The van der Waals surface area contributed by atoms with E-state index in [9.17, 15) is 28.0 Å². The van der Waals surface area contributed by atoms with Gasteiger partial charge in [-0.3, -0.25) is 4.90 Å². The summed E-state index contributed by atoms with van der Waals surface area (Å²) in [5.74, 6) is -0.108. The molecule has 0 amide bonds. The molecule has 0 spiro atoms. The maximum Gasteiger partial charge on any atom is 0.416 e. The van der Waals surface area contributed by atoms with Crippen molar-refractivity contribution in [2.24, 2.45) is 0 Å². The number of alkyl halides is 3. The van der Waals surface area contributed by atoms with Gasteiger partial charge in [-0.25, -0.2) is 23.8 Å². The minimum atomic E-state index is -4.62. The van der Waals surface area contributed by atoms with Gasteiger partial charge in [0.15, 0.2) is 18.9 Å². The minimum Gasteiger partial charge on any atom is -1.00 e. The van der Waals surface area contributed by atoms with E-state index in [2.05, 4.69) is 16.3 Å². The number of nitrogens with one attached hydrogen (secondary N) is 1. The molecule has 5 rings (SSSR count). The van der Waals surface area contributed by atoms with E-state index >= 15 is 0 Å². The molecule has 4 aromatic rings. The molecule has 0 radical (unpaired) electrons. The molecule has 1 aliphatic heterocycles. The van der Waals surface area contributed by atoms with Crippen molar-refractivity contribution < 1.29 is 49.0 Å². The normalized spacial score (nSPS) is 14.4. The number of methoxy groups -OCH3 is 2. The Morgan fingerprint density at radius 2 is 1.86 bits per heavy atom. The van der Waals surface area contributed by atoms with E-state index in [0.29, 0.717) is 35.4 Å². The van der Waals surface area contributed by atoms with E-state index < -0.39 is 29.4 Å². The average Bonchev–Trinajstić information content (AvgIpc) is 3.39. The number of hydrogen-bond donors (Lipinski definition) is 1. The zero-order valence-corrected chi connectivity index (χ0v) is 25.3. The number of fused-ring (bicyclic) bond motifs is 1. The first-order valence-electron chi connectivity index (χ1n) is 13.1. The number of aromatic nitrogens is 4. The third-order valence-electron chi connectivity index (χ3n) is 7.28. The van der Waals surface area contributed by atoms with Gasteiger partial charge in [-0.05, 0) is 48.4 Å². The summed E-state index contributed by atoms with van der Waals surface area (Å²) in [5.41, 5.74) is 0.277. The molecule has 0 bridgehead atoms. The molecule has 10 nitrogen and oxygen atoms in total. The first-order chi connectivity index (χ1) is 20.6. The van der Waals surface area contributed by atoms with Gasteiger partial charge in [0.2, 0.25) is 5.95 Å². The van der Waals surface area contributed by atoms with E-state index in [1.807, 2.05) is 17.0 Å². The fraction of sp³-hybridized carbons (Fsp3) is 0.233. The summed E-state index contributed by atoms with van der Waals surface area (Å²) >= 11 is 0. The minimum absolute atomic E-state index is 0. The Hall–Kier alpha value is -4.90. The molecule has 2 aromatic carbocycles. The first-order valence-corrected chi connectivity index (χ1v) is 13.1. The van der Waals surface area contributed by atoms with Crippen LogP contribution in [0.2, 0.25) is 0 Å². The number of ether oxygens (including phenoxy) is 2. The summed E-state index contributed by atoms with van der Waals surface area (Å²) in [6.45, 7) is 2.04. The van der Waals surface area contributed by atoms with Crippen molar-refractivity contribution in [2.75, 3.05) is 19.1 Å². The molecule has 14 heteroatoms. The Morgan fingerprint density at radius 3 is 2.50 bits per heavy atom. The zero-order valence-electron chi connectivity index (χ0n) is 23.7. The van der Waals surface area contributed by atoms with Gasteiger partial charge in [0.1, 0.15) is 11.8 Å². The molecule has 0 aliphatic carbocycles. The molecule has 0 saturated carbocycles. The summed E-state index contributed by atoms with van der Waals surface area (Å²) in [5, 5.41) is 16.1. The highest BCUT2D eigenvalue weighted by molar-refractivity contribution is 5.93. The lowest BCUT2D eigenvalue weighted by Crippen LogP contribution is -3.00. The second kappa shape index (κ2) is 12.8. The van der Waals surface area contributed by atoms with Crippen LogP contribution in [0.1, 0.15) is 35.2 Å². The third kappa shape index (κ3) is 5.96. The summed E-state index contributed by atoms with van der Waals surface area (Å²) in [4.78, 5) is 28.0. The van der Waals surface area contributed by atoms with Crippen LogP contribution in [0.3, 0.4) is 0 Å². The van der Waals surface area contributed by atoms with Gasteiger partial charge in [0, 0.05) is 29.9 Å². The molecular formula is C30H26BrF3N6O4. The molecule has 3 heterocycles. The van der Waals surface area contributed by atoms with Gasteiger partial charge in [-0.2, -0.15) is 18.4 Å². The summed E-state index contributed by atoms with van der Waals surface area (Å²) in [6.07, 6.45) is -0.543. The predicted octanol–water partition coefficient (Wildman–Crippen LogP) is 1.19. The standard InChI is InChI=1S/C30H25F3N6O4.BrH/c1-18-25(27(40)43-3)26(24-8-7-19(17-34)15-20(24)9-12-37-13-10-23(42-2)11-14-37)39-28(35-36-29(39)41)38(18)22-6-4-5-21(16-22)30(31,32)33;/h4-8,10-11,13-16,26H,9,12H2,1-3H3;1H. The number of aryl methyl sites for hydroxylation is 2. The molecule has 44 heavy (non-hydrogen) atoms. The third-order valence-corrected chi connectivity index (χ3v) is 7.28. The summed E-state index contributed by atoms with van der Waals surface area (Å²) in [6, 6.07) is 14.1. The Bertz CT molecular complexity index is 1830. The summed E-state index contributed by atoms with van der Waals surface area (Å²) < 4.78 is 54.3. The molecule has 0 saturated heterocycles. The number of nitriles is 1. The number of anilines is 2. The van der Waals surface area contributed by atoms with E-state index in [1.54, 1.807) is 44.4 Å². The van der Waals surface area contributed by atoms with Gasteiger partial charge in [-0.1, -0.05) is 12.1 Å². The Kier molecular flexibility index (Phi) is 9.29. The number of nitrogens with zero attached hydrogens (tertiary/aromatic N) is 5. The van der Waals surface area contributed by atoms with E-state index in [4.69, 9.17) is 9.47 Å². The quantitative estimate of drug-likeness (QED) is 0.232. The number of carbonyl (C=O) groups excluding carboxylic acids is 1. The fourth-order valence-corrected chi connectivity index (χ4v) is 5.22. The fourth-order valence-electron chi connectivity index (χ4n) is 5.22. The van der Waals surface area contributed by atoms with Gasteiger partial charge in [0.25, 0.3) is 0 Å². The van der Waals surface area contributed by atoms with Crippen molar-refractivity contribution in [3.05, 3.63) is 111 Å². The van der Waals surface area contributed by atoms with E-state index in [0.717, 1.165) is 12.1 Å². The first kappa shape index (κ1) is 32.0. The lowest BCUT2D eigenvalue weighted by molar-refractivity contribution is -0.696. The van der Waals surface area contributed by atoms with Crippen LogP contribution in [0.15, 0.2) is 83.1 Å². The van der Waals surface area contributed by atoms with Crippen LogP contribution in [0.25, 0.3) is 0 Å². The van der Waals surface area contributed by atoms with Crippen molar-refractivity contribution in [1.82, 2.24) is 14.8 Å². The maximum atomic E-state index is 13.6. The molecule has 1 N–H and O–H groups in total. The Balaban J connectivity index is 0.00000442. The van der Waals surface area contributed by atoms with Crippen LogP contribution in [-0.2, 0) is 28.7 Å². The van der Waals surface area contributed by atoms with Crippen LogP contribution in [0.4, 0.5) is 24.8 Å². The summed E-state index contributed by atoms with van der Waals surface area (Å²) in [7, 11) is 2.75. The van der Waals surface area contributed by atoms with Crippen molar-refractivity contribution in [2.45, 2.75) is 32.1 Å². The second-order valence-electron chi connectivity index (χ2n) is 9.73. The van der Waals surface area contributed by atoms with Crippen LogP contribution >= 0.6 is 0 Å². The van der Waals surface area contributed by atoms with Crippen LogP contribution < -0.4 is 36.9 Å². The smallest absolute Gasteiger partial charge is 0.416 e. The zero-order chi connectivity index (χ0) is 30.9. The van der Waals surface area contributed by atoms with Gasteiger partial charge in [0.05, 0.1) is 37.0 Å². The van der Waals surface area contributed by atoms with Crippen LogP contribution in [0, 0.1) is 11.3 Å². The number of carbonyl (C=O) groups is 1. The lowest BCUT2D eigenvalue weighted by Gasteiger charge is -2.36.